The highest BCUT2D eigenvalue weighted by Gasteiger charge is 2.03. The van der Waals surface area contributed by atoms with Crippen LogP contribution in [-0.2, 0) is 4.79 Å². The van der Waals surface area contributed by atoms with Gasteiger partial charge in [0, 0.05) is 10.7 Å². The zero-order valence-corrected chi connectivity index (χ0v) is 14.1. The Morgan fingerprint density at radius 3 is 2.83 bits per heavy atom. The second-order valence-corrected chi connectivity index (χ2v) is 5.47. The fourth-order valence-electron chi connectivity index (χ4n) is 1.99. The third-order valence-electron chi connectivity index (χ3n) is 3.23. The van der Waals surface area contributed by atoms with E-state index in [-0.39, 0.29) is 18.2 Å². The van der Waals surface area contributed by atoms with Crippen molar-refractivity contribution in [3.8, 4) is 11.5 Å². The first kappa shape index (κ1) is 17.6. The Morgan fingerprint density at radius 1 is 1.33 bits per heavy atom. The number of hydrazone groups is 1. The first-order valence-electron chi connectivity index (χ1n) is 7.18. The number of nitrogens with zero attached hydrogens (tertiary/aromatic N) is 1. The molecule has 24 heavy (non-hydrogen) atoms. The van der Waals surface area contributed by atoms with Gasteiger partial charge in [-0.2, -0.15) is 5.10 Å². The summed E-state index contributed by atoms with van der Waals surface area (Å²) in [6, 6.07) is 10.1. The summed E-state index contributed by atoms with van der Waals surface area (Å²) in [5.74, 6) is 0.0951. The number of carbonyl (C=O) groups is 1. The van der Waals surface area contributed by atoms with Gasteiger partial charge in [-0.25, -0.2) is 5.43 Å². The monoisotopic (exact) mass is 347 g/mol. The van der Waals surface area contributed by atoms with E-state index in [1.165, 1.54) is 19.4 Å². The quantitative estimate of drug-likeness (QED) is 0.554. The highest BCUT2D eigenvalue weighted by Crippen LogP contribution is 2.25. The SMILES string of the molecule is COc1cc(C=NNC(=O)CNc2ccc(Cl)cc2C)ccc1O. The molecule has 6 nitrogen and oxygen atoms in total. The Kier molecular flexibility index (Phi) is 6.03. The third-order valence-corrected chi connectivity index (χ3v) is 3.47. The molecule has 0 heterocycles. The van der Waals surface area contributed by atoms with Crippen molar-refractivity contribution in [1.82, 2.24) is 5.43 Å². The van der Waals surface area contributed by atoms with Crippen LogP contribution in [0.3, 0.4) is 0 Å². The molecule has 126 valence electrons. The minimum atomic E-state index is -0.286. The summed E-state index contributed by atoms with van der Waals surface area (Å²) in [6.45, 7) is 1.99. The molecule has 1 amide bonds. The van der Waals surface area contributed by atoms with Crippen LogP contribution in [0.1, 0.15) is 11.1 Å². The summed E-state index contributed by atoms with van der Waals surface area (Å²) >= 11 is 5.89. The van der Waals surface area contributed by atoms with Crippen LogP contribution < -0.4 is 15.5 Å². The standard InChI is InChI=1S/C17H18ClN3O3/c1-11-7-13(18)4-5-14(11)19-10-17(23)21-20-9-12-3-6-15(22)16(8-12)24-2/h3-9,19,22H,10H2,1-2H3,(H,21,23). The zero-order chi connectivity index (χ0) is 17.5. The molecule has 0 aliphatic heterocycles. The first-order valence-corrected chi connectivity index (χ1v) is 7.56. The molecule has 2 aromatic rings. The molecule has 0 bridgehead atoms. The topological polar surface area (TPSA) is 83.0 Å². The molecular formula is C17H18ClN3O3. The van der Waals surface area contributed by atoms with Crippen LogP contribution in [0.15, 0.2) is 41.5 Å². The van der Waals surface area contributed by atoms with E-state index in [2.05, 4.69) is 15.8 Å². The summed E-state index contributed by atoms with van der Waals surface area (Å²) in [5, 5.41) is 17.0. The van der Waals surface area contributed by atoms with Crippen LogP contribution in [-0.4, -0.2) is 30.9 Å². The number of methoxy groups -OCH3 is 1. The van der Waals surface area contributed by atoms with Crippen molar-refractivity contribution in [2.45, 2.75) is 6.92 Å². The smallest absolute Gasteiger partial charge is 0.259 e. The Morgan fingerprint density at radius 2 is 2.12 bits per heavy atom. The van der Waals surface area contributed by atoms with Gasteiger partial charge in [0.25, 0.3) is 5.91 Å². The minimum Gasteiger partial charge on any atom is -0.504 e. The van der Waals surface area contributed by atoms with Crippen molar-refractivity contribution in [2.75, 3.05) is 19.0 Å². The molecule has 0 radical (unpaired) electrons. The van der Waals surface area contributed by atoms with Gasteiger partial charge >= 0.3 is 0 Å². The number of hydrogen-bond donors (Lipinski definition) is 3. The normalized spacial score (nSPS) is 10.6. The Bertz CT molecular complexity index is 763. The molecule has 7 heteroatoms. The highest BCUT2D eigenvalue weighted by atomic mass is 35.5. The van der Waals surface area contributed by atoms with Gasteiger partial charge in [-0.05, 0) is 54.4 Å². The molecule has 0 fully saturated rings. The van der Waals surface area contributed by atoms with E-state index in [1.807, 2.05) is 19.1 Å². The second kappa shape index (κ2) is 8.21. The second-order valence-electron chi connectivity index (χ2n) is 5.04. The lowest BCUT2D eigenvalue weighted by atomic mass is 10.2. The molecule has 0 saturated heterocycles. The number of ether oxygens (including phenoxy) is 1. The number of carbonyl (C=O) groups excluding carboxylic acids is 1. The summed E-state index contributed by atoms with van der Waals surface area (Å²) in [6.07, 6.45) is 1.47. The number of phenolic OH excluding ortho intramolecular Hbond substituents is 1. The molecule has 2 rings (SSSR count). The van der Waals surface area contributed by atoms with Crippen LogP contribution in [0.25, 0.3) is 0 Å². The van der Waals surface area contributed by atoms with Crippen molar-refractivity contribution in [1.29, 1.82) is 0 Å². The molecule has 3 N–H and O–H groups in total. The van der Waals surface area contributed by atoms with E-state index in [9.17, 15) is 9.90 Å². The highest BCUT2D eigenvalue weighted by molar-refractivity contribution is 6.30. The largest absolute Gasteiger partial charge is 0.504 e. The van der Waals surface area contributed by atoms with Crippen LogP contribution in [0, 0.1) is 6.92 Å². The van der Waals surface area contributed by atoms with Gasteiger partial charge in [0.1, 0.15) is 0 Å². The van der Waals surface area contributed by atoms with Crippen molar-refractivity contribution in [3.63, 3.8) is 0 Å². The number of halogens is 1. The molecule has 2 aromatic carbocycles. The maximum absolute atomic E-state index is 11.8. The lowest BCUT2D eigenvalue weighted by molar-refractivity contribution is -0.119. The van der Waals surface area contributed by atoms with E-state index in [0.29, 0.717) is 16.3 Å². The van der Waals surface area contributed by atoms with Crippen LogP contribution >= 0.6 is 11.6 Å². The minimum absolute atomic E-state index is 0.0428. The summed E-state index contributed by atoms with van der Waals surface area (Å²) < 4.78 is 5.00. The predicted molar refractivity (Wildman–Crippen MR) is 95.1 cm³/mol. The Labute approximate surface area is 145 Å². The van der Waals surface area contributed by atoms with Crippen molar-refractivity contribution < 1.29 is 14.6 Å². The molecule has 0 saturated carbocycles. The molecule has 0 aromatic heterocycles. The average molecular weight is 348 g/mol. The van der Waals surface area contributed by atoms with Crippen molar-refractivity contribution in [3.05, 3.63) is 52.5 Å². The lowest BCUT2D eigenvalue weighted by Gasteiger charge is -2.08. The maximum Gasteiger partial charge on any atom is 0.259 e. The van der Waals surface area contributed by atoms with Crippen molar-refractivity contribution >= 4 is 29.4 Å². The number of amides is 1. The summed E-state index contributed by atoms with van der Waals surface area (Å²) in [4.78, 5) is 11.8. The Hall–Kier alpha value is -2.73. The number of aryl methyl sites for hydroxylation is 1. The van der Waals surface area contributed by atoms with Gasteiger partial charge < -0.3 is 15.2 Å². The van der Waals surface area contributed by atoms with Gasteiger partial charge in [-0.15, -0.1) is 0 Å². The van der Waals surface area contributed by atoms with Gasteiger partial charge in [0.15, 0.2) is 11.5 Å². The van der Waals surface area contributed by atoms with Gasteiger partial charge in [0.05, 0.1) is 19.9 Å². The average Bonchev–Trinajstić information content (AvgIpc) is 2.55. The van der Waals surface area contributed by atoms with Crippen LogP contribution in [0.4, 0.5) is 5.69 Å². The number of benzene rings is 2. The number of phenols is 1. The van der Waals surface area contributed by atoms with Gasteiger partial charge in [-0.1, -0.05) is 11.6 Å². The summed E-state index contributed by atoms with van der Waals surface area (Å²) in [5.41, 5.74) is 4.90. The molecule has 0 spiro atoms. The van der Waals surface area contributed by atoms with E-state index in [0.717, 1.165) is 11.3 Å². The van der Waals surface area contributed by atoms with Crippen molar-refractivity contribution in [2.24, 2.45) is 5.10 Å². The fraction of sp³-hybridized carbons (Fsp3) is 0.176. The van der Waals surface area contributed by atoms with Crippen LogP contribution in [0.2, 0.25) is 5.02 Å². The van der Waals surface area contributed by atoms with E-state index >= 15 is 0 Å². The maximum atomic E-state index is 11.8. The Balaban J connectivity index is 1.86. The number of anilines is 1. The number of nitrogens with one attached hydrogen (secondary N) is 2. The number of rotatable bonds is 6. The van der Waals surface area contributed by atoms with E-state index in [4.69, 9.17) is 16.3 Å². The van der Waals surface area contributed by atoms with E-state index < -0.39 is 0 Å². The number of aromatic hydroxyl groups is 1. The molecule has 0 unspecified atom stereocenters. The lowest BCUT2D eigenvalue weighted by Crippen LogP contribution is -2.26. The van der Waals surface area contributed by atoms with Gasteiger partial charge in [0.2, 0.25) is 0 Å². The predicted octanol–water partition coefficient (Wildman–Crippen LogP) is 2.92. The molecule has 0 aliphatic rings. The molecule has 0 atom stereocenters. The number of hydrogen-bond acceptors (Lipinski definition) is 5. The molecule has 0 aliphatic carbocycles. The third kappa shape index (κ3) is 4.89. The van der Waals surface area contributed by atoms with E-state index in [1.54, 1.807) is 18.2 Å². The molecular weight excluding hydrogens is 330 g/mol. The first-order chi connectivity index (χ1) is 11.5. The van der Waals surface area contributed by atoms with Crippen LogP contribution in [0.5, 0.6) is 11.5 Å². The zero-order valence-electron chi connectivity index (χ0n) is 13.3. The fourth-order valence-corrected chi connectivity index (χ4v) is 2.22. The summed E-state index contributed by atoms with van der Waals surface area (Å²) in [7, 11) is 1.46. The van der Waals surface area contributed by atoms with Gasteiger partial charge in [-0.3, -0.25) is 4.79 Å².